The molecule has 20 heavy (non-hydrogen) atoms. The summed E-state index contributed by atoms with van der Waals surface area (Å²) in [6.45, 7) is 2.28. The Hall–Kier alpha value is -1.13. The van der Waals surface area contributed by atoms with Crippen molar-refractivity contribution < 1.29 is 0 Å². The van der Waals surface area contributed by atoms with Crippen LogP contribution in [0.3, 0.4) is 0 Å². The molecular formula is C16H23N3S. The average molecular weight is 289 g/mol. The normalized spacial score (nSPS) is 18.1. The second-order valence-corrected chi connectivity index (χ2v) is 6.77. The highest BCUT2D eigenvalue weighted by Gasteiger charge is 2.28. The number of thiophene rings is 1. The number of nitrogens with zero attached hydrogens (tertiary/aromatic N) is 2. The van der Waals surface area contributed by atoms with Crippen LogP contribution in [0.25, 0.3) is 0 Å². The molecule has 2 atom stereocenters. The van der Waals surface area contributed by atoms with Crippen molar-refractivity contribution in [3.05, 3.63) is 40.6 Å². The van der Waals surface area contributed by atoms with Crippen LogP contribution in [0.1, 0.15) is 49.4 Å². The fourth-order valence-electron chi connectivity index (χ4n) is 2.74. The van der Waals surface area contributed by atoms with Crippen molar-refractivity contribution in [3.63, 3.8) is 0 Å². The van der Waals surface area contributed by atoms with E-state index in [0.717, 1.165) is 11.7 Å². The van der Waals surface area contributed by atoms with Crippen LogP contribution in [0.15, 0.2) is 29.9 Å². The van der Waals surface area contributed by atoms with Crippen LogP contribution in [0.4, 0.5) is 0 Å². The molecule has 0 bridgehead atoms. The van der Waals surface area contributed by atoms with E-state index in [-0.39, 0.29) is 6.04 Å². The second kappa shape index (κ2) is 6.10. The van der Waals surface area contributed by atoms with Crippen molar-refractivity contribution in [2.75, 3.05) is 0 Å². The molecule has 108 valence electrons. The van der Waals surface area contributed by atoms with E-state index in [1.807, 2.05) is 23.7 Å². The largest absolute Gasteiger partial charge is 0.336 e. The van der Waals surface area contributed by atoms with Crippen LogP contribution in [0, 0.1) is 5.92 Å². The Morgan fingerprint density at radius 1 is 1.50 bits per heavy atom. The second-order valence-electron chi connectivity index (χ2n) is 5.80. The zero-order chi connectivity index (χ0) is 13.9. The lowest BCUT2D eigenvalue weighted by molar-refractivity contribution is 0.406. The van der Waals surface area contributed by atoms with Gasteiger partial charge in [0, 0.05) is 30.4 Å². The van der Waals surface area contributed by atoms with Gasteiger partial charge in [0.1, 0.15) is 11.9 Å². The van der Waals surface area contributed by atoms with E-state index in [4.69, 9.17) is 0 Å². The van der Waals surface area contributed by atoms with Gasteiger partial charge in [0.25, 0.3) is 0 Å². The summed E-state index contributed by atoms with van der Waals surface area (Å²) in [5, 5.41) is 6.00. The molecule has 1 saturated carbocycles. The van der Waals surface area contributed by atoms with E-state index in [0.29, 0.717) is 6.04 Å². The Labute approximate surface area is 125 Å². The minimum atomic E-state index is 0.221. The summed E-state index contributed by atoms with van der Waals surface area (Å²) in [6, 6.07) is 5.14. The maximum atomic E-state index is 4.56. The highest BCUT2D eigenvalue weighted by Crippen LogP contribution is 2.35. The number of imidazole rings is 1. The first kappa shape index (κ1) is 13.8. The van der Waals surface area contributed by atoms with Crippen molar-refractivity contribution >= 4 is 11.3 Å². The number of hydrogen-bond donors (Lipinski definition) is 1. The van der Waals surface area contributed by atoms with Crippen LogP contribution in [-0.2, 0) is 7.05 Å². The molecule has 0 saturated heterocycles. The van der Waals surface area contributed by atoms with Crippen LogP contribution < -0.4 is 5.32 Å². The Morgan fingerprint density at radius 2 is 2.35 bits per heavy atom. The third-order valence-corrected chi connectivity index (χ3v) is 5.09. The molecule has 1 aliphatic rings. The van der Waals surface area contributed by atoms with E-state index in [1.165, 1.54) is 30.6 Å². The highest BCUT2D eigenvalue weighted by molar-refractivity contribution is 7.10. The van der Waals surface area contributed by atoms with Gasteiger partial charge in [0.15, 0.2) is 0 Å². The molecule has 0 aromatic carbocycles. The molecule has 1 fully saturated rings. The van der Waals surface area contributed by atoms with Crippen LogP contribution in [0.5, 0.6) is 0 Å². The smallest absolute Gasteiger partial charge is 0.131 e. The molecule has 0 radical (unpaired) electrons. The Kier molecular flexibility index (Phi) is 4.22. The molecule has 4 heteroatoms. The summed E-state index contributed by atoms with van der Waals surface area (Å²) in [7, 11) is 2.08. The molecule has 0 amide bonds. The van der Waals surface area contributed by atoms with Gasteiger partial charge in [-0.15, -0.1) is 11.3 Å². The molecule has 2 unspecified atom stereocenters. The van der Waals surface area contributed by atoms with E-state index in [1.54, 1.807) is 0 Å². The highest BCUT2D eigenvalue weighted by atomic mass is 32.1. The molecule has 3 rings (SSSR count). The summed E-state index contributed by atoms with van der Waals surface area (Å²) in [5.74, 6) is 2.07. The quantitative estimate of drug-likeness (QED) is 0.841. The van der Waals surface area contributed by atoms with Crippen molar-refractivity contribution in [1.29, 1.82) is 0 Å². The van der Waals surface area contributed by atoms with Gasteiger partial charge in [-0.05, 0) is 30.2 Å². The molecule has 0 aliphatic heterocycles. The van der Waals surface area contributed by atoms with Gasteiger partial charge in [-0.2, -0.15) is 0 Å². The SMILES string of the molecule is CCC(CC1CC1)NC(c1cccs1)c1nccn1C. The predicted octanol–water partition coefficient (Wildman–Crippen LogP) is 3.74. The van der Waals surface area contributed by atoms with E-state index in [2.05, 4.69) is 46.4 Å². The van der Waals surface area contributed by atoms with Crippen LogP contribution >= 0.6 is 11.3 Å². The fraction of sp³-hybridized carbons (Fsp3) is 0.562. The fourth-order valence-corrected chi connectivity index (χ4v) is 3.52. The molecular weight excluding hydrogens is 266 g/mol. The lowest BCUT2D eigenvalue weighted by Gasteiger charge is -2.24. The van der Waals surface area contributed by atoms with Gasteiger partial charge in [-0.25, -0.2) is 4.98 Å². The van der Waals surface area contributed by atoms with Gasteiger partial charge >= 0.3 is 0 Å². The zero-order valence-electron chi connectivity index (χ0n) is 12.2. The molecule has 1 aliphatic carbocycles. The third-order valence-electron chi connectivity index (χ3n) is 4.15. The lowest BCUT2D eigenvalue weighted by Crippen LogP contribution is -2.34. The van der Waals surface area contributed by atoms with Crippen LogP contribution in [-0.4, -0.2) is 15.6 Å². The minimum absolute atomic E-state index is 0.221. The Bertz CT molecular complexity index is 528. The molecule has 3 nitrogen and oxygen atoms in total. The first-order chi connectivity index (χ1) is 9.78. The standard InChI is InChI=1S/C16H23N3S/c1-3-13(11-12-6-7-12)18-15(14-5-4-10-20-14)16-17-8-9-19(16)2/h4-5,8-10,12-13,15,18H,3,6-7,11H2,1-2H3. The molecule has 1 N–H and O–H groups in total. The first-order valence-corrected chi connectivity index (χ1v) is 8.42. The lowest BCUT2D eigenvalue weighted by atomic mass is 10.1. The average Bonchev–Trinajstić information content (AvgIpc) is 2.92. The molecule has 2 aromatic heterocycles. The molecule has 0 spiro atoms. The van der Waals surface area contributed by atoms with Crippen LogP contribution in [0.2, 0.25) is 0 Å². The summed E-state index contributed by atoms with van der Waals surface area (Å²) in [4.78, 5) is 5.92. The van der Waals surface area contributed by atoms with Gasteiger partial charge in [0.2, 0.25) is 0 Å². The number of rotatable bonds is 7. The summed E-state index contributed by atoms with van der Waals surface area (Å²) in [5.41, 5.74) is 0. The Balaban J connectivity index is 1.80. The first-order valence-electron chi connectivity index (χ1n) is 7.54. The van der Waals surface area contributed by atoms with Crippen molar-refractivity contribution in [2.45, 2.75) is 44.7 Å². The summed E-state index contributed by atoms with van der Waals surface area (Å²) in [6.07, 6.45) is 9.25. The maximum Gasteiger partial charge on any atom is 0.131 e. The topological polar surface area (TPSA) is 29.9 Å². The monoisotopic (exact) mass is 289 g/mol. The minimum Gasteiger partial charge on any atom is -0.336 e. The molecule has 2 aromatic rings. The van der Waals surface area contributed by atoms with E-state index in [9.17, 15) is 0 Å². The third kappa shape index (κ3) is 3.13. The van der Waals surface area contributed by atoms with Gasteiger partial charge in [0.05, 0.1) is 0 Å². The van der Waals surface area contributed by atoms with E-state index < -0.39 is 0 Å². The summed E-state index contributed by atoms with van der Waals surface area (Å²) < 4.78 is 2.13. The van der Waals surface area contributed by atoms with Crippen molar-refractivity contribution in [3.8, 4) is 0 Å². The Morgan fingerprint density at radius 3 is 2.90 bits per heavy atom. The van der Waals surface area contributed by atoms with Crippen molar-refractivity contribution in [2.24, 2.45) is 13.0 Å². The molecule has 2 heterocycles. The zero-order valence-corrected chi connectivity index (χ0v) is 13.1. The number of aromatic nitrogens is 2. The van der Waals surface area contributed by atoms with Gasteiger partial charge < -0.3 is 9.88 Å². The summed E-state index contributed by atoms with van der Waals surface area (Å²) >= 11 is 1.81. The maximum absolute atomic E-state index is 4.56. The van der Waals surface area contributed by atoms with Crippen molar-refractivity contribution in [1.82, 2.24) is 14.9 Å². The number of aryl methyl sites for hydroxylation is 1. The van der Waals surface area contributed by atoms with E-state index >= 15 is 0 Å². The van der Waals surface area contributed by atoms with Gasteiger partial charge in [-0.1, -0.05) is 25.8 Å². The number of hydrogen-bond acceptors (Lipinski definition) is 3. The van der Waals surface area contributed by atoms with Gasteiger partial charge in [-0.3, -0.25) is 0 Å². The predicted molar refractivity (Wildman–Crippen MR) is 83.9 cm³/mol. The number of nitrogens with one attached hydrogen (secondary N) is 1.